The monoisotopic (exact) mass is 536 g/mol. The molecule has 0 aliphatic carbocycles. The first-order valence-electron chi connectivity index (χ1n) is 14.2. The standard InChI is InChI=1S/C30H37BN8O/c1-20-15-38(26-6-4-22(14-32)29-24(26)5-8-27(31)35-29)17-23(40-20)16-36-10-12-37(13-11-36)28-9-7-25(21(2)34-28)39-18-30(3,33)19-39/h4-9,20,23H,10-13,15-19,33H2,1-3H3/t20-,23+/m1/s1. The van der Waals surface area contributed by atoms with Crippen molar-refractivity contribution in [1.29, 1.82) is 5.26 Å². The van der Waals surface area contributed by atoms with E-state index in [1.165, 1.54) is 5.69 Å². The minimum absolute atomic E-state index is 0.0899. The summed E-state index contributed by atoms with van der Waals surface area (Å²) in [5, 5.41) is 10.5. The molecule has 3 aliphatic rings. The van der Waals surface area contributed by atoms with Gasteiger partial charge in [0.2, 0.25) is 0 Å². The number of aryl methyl sites for hydroxylation is 1. The molecule has 6 rings (SSSR count). The minimum atomic E-state index is -0.0973. The number of nitrogens with two attached hydrogens (primary N) is 1. The second kappa shape index (κ2) is 10.5. The fourth-order valence-electron chi connectivity index (χ4n) is 6.42. The molecule has 3 aromatic rings. The maximum absolute atomic E-state index is 9.58. The van der Waals surface area contributed by atoms with Gasteiger partial charge in [0.15, 0.2) is 0 Å². The second-order valence-electron chi connectivity index (χ2n) is 11.9. The molecule has 206 valence electrons. The number of benzene rings is 1. The molecule has 2 N–H and O–H groups in total. The van der Waals surface area contributed by atoms with Gasteiger partial charge in [0.1, 0.15) is 19.7 Å². The van der Waals surface area contributed by atoms with E-state index in [-0.39, 0.29) is 17.7 Å². The third kappa shape index (κ3) is 5.34. The van der Waals surface area contributed by atoms with Crippen LogP contribution >= 0.6 is 0 Å². The third-order valence-corrected chi connectivity index (χ3v) is 8.29. The number of anilines is 3. The van der Waals surface area contributed by atoms with Gasteiger partial charge in [-0.25, -0.2) is 4.98 Å². The zero-order valence-corrected chi connectivity index (χ0v) is 23.7. The number of rotatable bonds is 5. The highest BCUT2D eigenvalue weighted by atomic mass is 16.5. The molecule has 3 fully saturated rings. The summed E-state index contributed by atoms with van der Waals surface area (Å²) in [6.07, 6.45) is 0.189. The fourth-order valence-corrected chi connectivity index (χ4v) is 6.42. The molecule has 0 amide bonds. The van der Waals surface area contributed by atoms with E-state index in [0.29, 0.717) is 16.7 Å². The largest absolute Gasteiger partial charge is 0.370 e. The highest BCUT2D eigenvalue weighted by molar-refractivity contribution is 6.31. The van der Waals surface area contributed by atoms with Gasteiger partial charge in [0.25, 0.3) is 0 Å². The zero-order valence-electron chi connectivity index (χ0n) is 23.7. The lowest BCUT2D eigenvalue weighted by molar-refractivity contribution is -0.0327. The van der Waals surface area contributed by atoms with Gasteiger partial charge in [-0.3, -0.25) is 9.88 Å². The number of morpholine rings is 1. The summed E-state index contributed by atoms with van der Waals surface area (Å²) in [7, 11) is 5.94. The van der Waals surface area contributed by atoms with Crippen molar-refractivity contribution in [2.45, 2.75) is 38.5 Å². The molecular formula is C30H37BN8O. The van der Waals surface area contributed by atoms with E-state index in [1.54, 1.807) is 6.07 Å². The van der Waals surface area contributed by atoms with Crippen molar-refractivity contribution in [2.75, 3.05) is 73.6 Å². The molecule has 2 radical (unpaired) electrons. The molecule has 9 nitrogen and oxygen atoms in total. The van der Waals surface area contributed by atoms with E-state index in [0.717, 1.165) is 81.5 Å². The van der Waals surface area contributed by atoms with Gasteiger partial charge in [-0.1, -0.05) is 6.07 Å². The summed E-state index contributed by atoms with van der Waals surface area (Å²) < 4.78 is 6.40. The average molecular weight is 536 g/mol. The van der Waals surface area contributed by atoms with Crippen LogP contribution in [0.5, 0.6) is 0 Å². The molecular weight excluding hydrogens is 499 g/mol. The lowest BCUT2D eigenvalue weighted by Crippen LogP contribution is -2.65. The van der Waals surface area contributed by atoms with E-state index >= 15 is 0 Å². The normalized spacial score (nSPS) is 23.2. The number of hydrogen-bond donors (Lipinski definition) is 1. The first-order chi connectivity index (χ1) is 19.2. The van der Waals surface area contributed by atoms with Gasteiger partial charge < -0.3 is 25.2 Å². The molecule has 3 aliphatic heterocycles. The molecule has 2 atom stereocenters. The summed E-state index contributed by atoms with van der Waals surface area (Å²) in [6, 6.07) is 14.3. The summed E-state index contributed by atoms with van der Waals surface area (Å²) in [6.45, 7) is 14.3. The Hall–Kier alpha value is -3.39. The SMILES string of the molecule is [B]c1ccc2c(N3C[C@H](CN4CCN(c5ccc(N6CC(C)(N)C6)c(C)n5)CC4)O[C@H](C)C3)ccc(C#N)c2n1. The van der Waals surface area contributed by atoms with Gasteiger partial charge in [-0.05, 0) is 56.7 Å². The lowest BCUT2D eigenvalue weighted by atomic mass is 9.93. The van der Waals surface area contributed by atoms with Crippen LogP contribution in [0.2, 0.25) is 0 Å². The smallest absolute Gasteiger partial charge is 0.141 e. The summed E-state index contributed by atoms with van der Waals surface area (Å²) in [4.78, 5) is 19.0. The number of hydrogen-bond acceptors (Lipinski definition) is 9. The molecule has 10 heteroatoms. The number of piperazine rings is 1. The van der Waals surface area contributed by atoms with E-state index in [9.17, 15) is 5.26 Å². The topological polar surface area (TPSA) is 97.8 Å². The molecule has 2 aromatic heterocycles. The number of fused-ring (bicyclic) bond motifs is 1. The lowest BCUT2D eigenvalue weighted by Gasteiger charge is -2.47. The molecule has 40 heavy (non-hydrogen) atoms. The van der Waals surface area contributed by atoms with Crippen LogP contribution in [-0.2, 0) is 4.74 Å². The molecule has 1 aromatic carbocycles. The molecule has 0 saturated carbocycles. The average Bonchev–Trinajstić information content (AvgIpc) is 2.91. The maximum atomic E-state index is 9.58. The van der Waals surface area contributed by atoms with Crippen molar-refractivity contribution in [2.24, 2.45) is 5.73 Å². The molecule has 5 heterocycles. The predicted molar refractivity (Wildman–Crippen MR) is 161 cm³/mol. The summed E-state index contributed by atoms with van der Waals surface area (Å²) in [5.74, 6) is 1.05. The first kappa shape index (κ1) is 26.8. The Labute approximate surface area is 237 Å². The number of ether oxygens (including phenoxy) is 1. The Morgan fingerprint density at radius 2 is 1.75 bits per heavy atom. The Balaban J connectivity index is 1.08. The van der Waals surface area contributed by atoms with Gasteiger partial charge in [-0.2, -0.15) is 5.26 Å². The molecule has 0 spiro atoms. The van der Waals surface area contributed by atoms with Crippen LogP contribution in [0.3, 0.4) is 0 Å². The fraction of sp³-hybridized carbons (Fsp3) is 0.500. The van der Waals surface area contributed by atoms with E-state index < -0.39 is 0 Å². The van der Waals surface area contributed by atoms with Gasteiger partial charge >= 0.3 is 0 Å². The maximum Gasteiger partial charge on any atom is 0.141 e. The zero-order chi connectivity index (χ0) is 28.0. The highest BCUT2D eigenvalue weighted by Gasteiger charge is 2.36. The minimum Gasteiger partial charge on any atom is -0.370 e. The Morgan fingerprint density at radius 3 is 2.45 bits per heavy atom. The van der Waals surface area contributed by atoms with E-state index in [2.05, 4.69) is 63.6 Å². The first-order valence-corrected chi connectivity index (χ1v) is 14.2. The highest BCUT2D eigenvalue weighted by Crippen LogP contribution is 2.31. The van der Waals surface area contributed by atoms with Gasteiger partial charge in [0.05, 0.1) is 34.7 Å². The van der Waals surface area contributed by atoms with Crippen molar-refractivity contribution < 1.29 is 4.74 Å². The summed E-state index contributed by atoms with van der Waals surface area (Å²) >= 11 is 0. The van der Waals surface area contributed by atoms with Gasteiger partial charge in [-0.15, -0.1) is 0 Å². The number of pyridine rings is 2. The molecule has 0 unspecified atom stereocenters. The summed E-state index contributed by atoms with van der Waals surface area (Å²) in [5.41, 5.74) is 11.1. The van der Waals surface area contributed by atoms with Crippen LogP contribution < -0.4 is 26.0 Å². The van der Waals surface area contributed by atoms with Crippen LogP contribution in [0.1, 0.15) is 25.1 Å². The Morgan fingerprint density at radius 1 is 1.00 bits per heavy atom. The van der Waals surface area contributed by atoms with Gasteiger partial charge in [0, 0.05) is 75.5 Å². The van der Waals surface area contributed by atoms with Crippen LogP contribution in [-0.4, -0.2) is 99.4 Å². The van der Waals surface area contributed by atoms with Crippen LogP contribution in [0.4, 0.5) is 17.2 Å². The Kier molecular flexibility index (Phi) is 7.07. The van der Waals surface area contributed by atoms with Crippen molar-refractivity contribution in [3.63, 3.8) is 0 Å². The van der Waals surface area contributed by atoms with Crippen molar-refractivity contribution >= 4 is 41.5 Å². The van der Waals surface area contributed by atoms with E-state index in [4.69, 9.17) is 23.3 Å². The van der Waals surface area contributed by atoms with Crippen LogP contribution in [0.15, 0.2) is 36.4 Å². The van der Waals surface area contributed by atoms with Crippen molar-refractivity contribution in [3.05, 3.63) is 47.7 Å². The van der Waals surface area contributed by atoms with Crippen molar-refractivity contribution in [1.82, 2.24) is 14.9 Å². The van der Waals surface area contributed by atoms with Crippen LogP contribution in [0, 0.1) is 18.3 Å². The third-order valence-electron chi connectivity index (χ3n) is 8.29. The van der Waals surface area contributed by atoms with Crippen LogP contribution in [0.25, 0.3) is 10.9 Å². The molecule has 0 bridgehead atoms. The second-order valence-corrected chi connectivity index (χ2v) is 11.9. The quantitative estimate of drug-likeness (QED) is 0.488. The molecule has 3 saturated heterocycles. The number of nitriles is 1. The number of nitrogens with zero attached hydrogens (tertiary/aromatic N) is 7. The number of aromatic nitrogens is 2. The Bertz CT molecular complexity index is 1440. The predicted octanol–water partition coefficient (Wildman–Crippen LogP) is 1.56. The van der Waals surface area contributed by atoms with E-state index in [1.807, 2.05) is 18.2 Å². The van der Waals surface area contributed by atoms with Crippen molar-refractivity contribution in [3.8, 4) is 6.07 Å².